The van der Waals surface area contributed by atoms with Crippen molar-refractivity contribution < 1.29 is 23.9 Å². The zero-order valence-electron chi connectivity index (χ0n) is 14.9. The Labute approximate surface area is 167 Å². The van der Waals surface area contributed by atoms with E-state index < -0.39 is 17.8 Å². The summed E-state index contributed by atoms with van der Waals surface area (Å²) in [7, 11) is 0. The maximum absolute atomic E-state index is 11.9. The summed E-state index contributed by atoms with van der Waals surface area (Å²) in [5, 5.41) is 0.506. The quantitative estimate of drug-likeness (QED) is 0.401. The number of hydrogen-bond donors (Lipinski definition) is 2. The lowest BCUT2D eigenvalue weighted by Crippen LogP contribution is -2.41. The topological polar surface area (TPSA) is 102 Å². The lowest BCUT2D eigenvalue weighted by molar-refractivity contribution is -0.142. The number of hydrogen-bond acceptors (Lipinski definition) is 5. The molecule has 0 aromatic heterocycles. The first-order valence-corrected chi connectivity index (χ1v) is 8.92. The number of amides is 2. The number of halogens is 1. The van der Waals surface area contributed by atoms with Crippen LogP contribution < -0.4 is 10.9 Å². The van der Waals surface area contributed by atoms with Crippen molar-refractivity contribution in [1.29, 1.82) is 0 Å². The predicted octanol–water partition coefficient (Wildman–Crippen LogP) is 2.70. The van der Waals surface area contributed by atoms with Crippen molar-refractivity contribution in [2.75, 3.05) is 6.61 Å². The second-order valence-electron chi connectivity index (χ2n) is 5.81. The van der Waals surface area contributed by atoms with Crippen LogP contribution in [-0.4, -0.2) is 30.2 Å². The van der Waals surface area contributed by atoms with Crippen molar-refractivity contribution in [3.63, 3.8) is 0 Å². The molecule has 0 saturated heterocycles. The third-order valence-corrected chi connectivity index (χ3v) is 3.92. The van der Waals surface area contributed by atoms with Crippen LogP contribution in [0.4, 0.5) is 0 Å². The van der Waals surface area contributed by atoms with E-state index in [0.29, 0.717) is 16.1 Å². The first-order chi connectivity index (χ1) is 13.5. The number of rotatable bonds is 8. The fraction of sp³-hybridized carbons (Fsp3) is 0.200. The molecule has 0 saturated carbocycles. The van der Waals surface area contributed by atoms with E-state index in [0.717, 1.165) is 0 Å². The molecule has 0 fully saturated rings. The zero-order valence-corrected chi connectivity index (χ0v) is 15.7. The van der Waals surface area contributed by atoms with Crippen LogP contribution in [0.5, 0.6) is 0 Å². The Kier molecular flexibility index (Phi) is 8.17. The maximum atomic E-state index is 11.9. The van der Waals surface area contributed by atoms with Gasteiger partial charge in [0.1, 0.15) is 0 Å². The van der Waals surface area contributed by atoms with E-state index in [1.54, 1.807) is 54.6 Å². The highest BCUT2D eigenvalue weighted by molar-refractivity contribution is 6.30. The maximum Gasteiger partial charge on any atom is 0.306 e. The van der Waals surface area contributed by atoms with Crippen LogP contribution in [0.1, 0.15) is 40.0 Å². The van der Waals surface area contributed by atoms with Crippen LogP contribution in [0.15, 0.2) is 54.6 Å². The smallest absolute Gasteiger partial charge is 0.306 e. The molecule has 0 aliphatic carbocycles. The van der Waals surface area contributed by atoms with Gasteiger partial charge in [0.2, 0.25) is 5.91 Å². The molecule has 0 aliphatic heterocycles. The highest BCUT2D eigenvalue weighted by Gasteiger charge is 2.11. The first-order valence-electron chi connectivity index (χ1n) is 8.54. The van der Waals surface area contributed by atoms with Gasteiger partial charge in [-0.1, -0.05) is 29.8 Å². The molecule has 0 bridgehead atoms. The van der Waals surface area contributed by atoms with Gasteiger partial charge in [-0.15, -0.1) is 0 Å². The molecule has 2 aromatic rings. The van der Waals surface area contributed by atoms with Crippen LogP contribution in [-0.2, 0) is 14.3 Å². The van der Waals surface area contributed by atoms with Gasteiger partial charge in [0.25, 0.3) is 5.91 Å². The standard InChI is InChI=1S/C20H19ClN2O5/c21-16-11-9-14(10-12-16)17(24)13-28-19(26)8-4-7-18(25)22-23-20(27)15-5-2-1-3-6-15/h1-3,5-6,9-12H,4,7-8,13H2,(H,22,25)(H,23,27). The van der Waals surface area contributed by atoms with Crippen LogP contribution in [0.25, 0.3) is 0 Å². The minimum Gasteiger partial charge on any atom is -0.457 e. The van der Waals surface area contributed by atoms with Gasteiger partial charge in [-0.25, -0.2) is 0 Å². The molecular formula is C20H19ClN2O5. The van der Waals surface area contributed by atoms with Crippen LogP contribution in [0.2, 0.25) is 5.02 Å². The molecule has 8 heteroatoms. The number of ether oxygens (including phenoxy) is 1. The van der Waals surface area contributed by atoms with E-state index in [2.05, 4.69) is 10.9 Å². The lowest BCUT2D eigenvalue weighted by Gasteiger charge is -2.07. The van der Waals surface area contributed by atoms with Crippen molar-refractivity contribution >= 4 is 35.2 Å². The number of Topliss-reactive ketones (excluding diaryl/α,β-unsaturated/α-hetero) is 1. The van der Waals surface area contributed by atoms with E-state index in [9.17, 15) is 19.2 Å². The molecule has 0 unspecified atom stereocenters. The van der Waals surface area contributed by atoms with Gasteiger partial charge in [0, 0.05) is 29.0 Å². The second-order valence-corrected chi connectivity index (χ2v) is 6.25. The van der Waals surface area contributed by atoms with Gasteiger partial charge in [-0.2, -0.15) is 0 Å². The van der Waals surface area contributed by atoms with Crippen molar-refractivity contribution in [3.05, 3.63) is 70.7 Å². The highest BCUT2D eigenvalue weighted by atomic mass is 35.5. The molecule has 7 nitrogen and oxygen atoms in total. The van der Waals surface area contributed by atoms with Gasteiger partial charge in [-0.05, 0) is 42.8 Å². The molecule has 2 aromatic carbocycles. The number of esters is 1. The summed E-state index contributed by atoms with van der Waals surface area (Å²) in [5.41, 5.74) is 5.37. The van der Waals surface area contributed by atoms with Crippen molar-refractivity contribution in [3.8, 4) is 0 Å². The number of ketones is 1. The summed E-state index contributed by atoms with van der Waals surface area (Å²) in [5.74, 6) is -1.79. The highest BCUT2D eigenvalue weighted by Crippen LogP contribution is 2.10. The summed E-state index contributed by atoms with van der Waals surface area (Å²) < 4.78 is 4.90. The SMILES string of the molecule is O=C(CCCC(=O)OCC(=O)c1ccc(Cl)cc1)NNC(=O)c1ccccc1. The molecule has 2 amide bonds. The summed E-state index contributed by atoms with van der Waals surface area (Å²) in [6.07, 6.45) is 0.226. The fourth-order valence-corrected chi connectivity index (χ4v) is 2.31. The number of nitrogens with one attached hydrogen (secondary N) is 2. The summed E-state index contributed by atoms with van der Waals surface area (Å²) in [4.78, 5) is 47.0. The normalized spacial score (nSPS) is 10.0. The average molecular weight is 403 g/mol. The minimum atomic E-state index is -0.580. The molecule has 146 valence electrons. The number of carbonyl (C=O) groups is 4. The molecule has 2 N–H and O–H groups in total. The van der Waals surface area contributed by atoms with Crippen LogP contribution in [0.3, 0.4) is 0 Å². The van der Waals surface area contributed by atoms with Gasteiger partial charge >= 0.3 is 5.97 Å². The third kappa shape index (κ3) is 7.20. The van der Waals surface area contributed by atoms with Gasteiger partial charge in [-0.3, -0.25) is 30.0 Å². The number of hydrazine groups is 1. The Morgan fingerprint density at radius 2 is 1.50 bits per heavy atom. The minimum absolute atomic E-state index is 0.0199. The fourth-order valence-electron chi connectivity index (χ4n) is 2.18. The second kappa shape index (κ2) is 10.8. The van der Waals surface area contributed by atoms with E-state index in [4.69, 9.17) is 16.3 Å². The van der Waals surface area contributed by atoms with E-state index in [1.165, 1.54) is 0 Å². The van der Waals surface area contributed by atoms with Crippen molar-refractivity contribution in [2.24, 2.45) is 0 Å². The van der Waals surface area contributed by atoms with Crippen LogP contribution in [0, 0.1) is 0 Å². The molecule has 0 atom stereocenters. The zero-order chi connectivity index (χ0) is 20.4. The summed E-state index contributed by atoms with van der Waals surface area (Å²) >= 11 is 5.75. The lowest BCUT2D eigenvalue weighted by atomic mass is 10.1. The van der Waals surface area contributed by atoms with E-state index in [1.807, 2.05) is 0 Å². The first kappa shape index (κ1) is 21.1. The van der Waals surface area contributed by atoms with Gasteiger partial charge in [0.05, 0.1) is 0 Å². The van der Waals surface area contributed by atoms with Crippen molar-refractivity contribution in [1.82, 2.24) is 10.9 Å². The molecule has 0 radical (unpaired) electrons. The van der Waals surface area contributed by atoms with Crippen LogP contribution >= 0.6 is 11.6 Å². The van der Waals surface area contributed by atoms with Gasteiger partial charge < -0.3 is 4.74 Å². The Morgan fingerprint density at radius 3 is 2.18 bits per heavy atom. The van der Waals surface area contributed by atoms with E-state index >= 15 is 0 Å². The van der Waals surface area contributed by atoms with E-state index in [-0.39, 0.29) is 31.7 Å². The molecule has 2 rings (SSSR count). The third-order valence-electron chi connectivity index (χ3n) is 3.67. The summed E-state index contributed by atoms with van der Waals surface area (Å²) in [6, 6.07) is 14.7. The van der Waals surface area contributed by atoms with Gasteiger partial charge in [0.15, 0.2) is 12.4 Å². The Bertz CT molecular complexity index is 837. The molecule has 0 spiro atoms. The predicted molar refractivity (Wildman–Crippen MR) is 103 cm³/mol. The summed E-state index contributed by atoms with van der Waals surface area (Å²) in [6.45, 7) is -0.375. The Morgan fingerprint density at radius 1 is 0.821 bits per heavy atom. The molecule has 28 heavy (non-hydrogen) atoms. The van der Waals surface area contributed by atoms with Crippen molar-refractivity contribution in [2.45, 2.75) is 19.3 Å². The molecule has 0 aliphatic rings. The molecule has 0 heterocycles. The number of benzene rings is 2. The number of carbonyl (C=O) groups excluding carboxylic acids is 4. The Hall–Kier alpha value is -3.19. The molecular weight excluding hydrogens is 384 g/mol. The monoisotopic (exact) mass is 402 g/mol. The average Bonchev–Trinajstić information content (AvgIpc) is 2.71. The Balaban J connectivity index is 1.61. The largest absolute Gasteiger partial charge is 0.457 e.